The molecule has 0 unspecified atom stereocenters. The summed E-state index contributed by atoms with van der Waals surface area (Å²) in [7, 11) is -2.49. The van der Waals surface area contributed by atoms with E-state index in [0.29, 0.717) is 0 Å². The van der Waals surface area contributed by atoms with Crippen molar-refractivity contribution in [2.75, 3.05) is 12.8 Å². The maximum absolute atomic E-state index is 12.8. The number of nitrogens with zero attached hydrogens (tertiary/aromatic N) is 2. The second kappa shape index (κ2) is 5.62. The van der Waals surface area contributed by atoms with Gasteiger partial charge in [0.1, 0.15) is 17.5 Å². The van der Waals surface area contributed by atoms with E-state index in [1.54, 1.807) is 0 Å². The molecule has 3 N–H and O–H groups in total. The van der Waals surface area contributed by atoms with Crippen LogP contribution in [0.15, 0.2) is 40.0 Å². The van der Waals surface area contributed by atoms with E-state index in [9.17, 15) is 17.6 Å². The number of halogens is 1. The summed E-state index contributed by atoms with van der Waals surface area (Å²) in [6, 6.07) is 5.54. The molecule has 21 heavy (non-hydrogen) atoms. The maximum atomic E-state index is 12.8. The number of aromatic nitrogens is 2. The summed E-state index contributed by atoms with van der Waals surface area (Å²) in [5.74, 6) is -0.409. The lowest BCUT2D eigenvalue weighted by Crippen LogP contribution is -2.28. The summed E-state index contributed by atoms with van der Waals surface area (Å²) in [5, 5.41) is 0. The first kappa shape index (κ1) is 15.1. The molecule has 0 aliphatic rings. The fourth-order valence-corrected chi connectivity index (χ4v) is 2.82. The number of rotatable bonds is 4. The van der Waals surface area contributed by atoms with Crippen molar-refractivity contribution in [3.63, 3.8) is 0 Å². The largest absolute Gasteiger partial charge is 0.383 e. The summed E-state index contributed by atoms with van der Waals surface area (Å²) < 4.78 is 38.4. The molecule has 1 aromatic carbocycles. The van der Waals surface area contributed by atoms with E-state index >= 15 is 0 Å². The molecule has 0 atom stereocenters. The summed E-state index contributed by atoms with van der Waals surface area (Å²) in [6.45, 7) is -0.167. The average Bonchev–Trinajstić information content (AvgIpc) is 2.37. The van der Waals surface area contributed by atoms with Gasteiger partial charge in [-0.25, -0.2) is 17.8 Å². The Kier molecular flexibility index (Phi) is 4.05. The fraction of sp³-hybridized carbons (Fsp3) is 0.167. The van der Waals surface area contributed by atoms with Crippen molar-refractivity contribution in [3.8, 4) is 0 Å². The number of aromatic amines is 1. The SMILES string of the molecule is CN(Cc1nc(N)cc(=O)[nH]1)S(=O)(=O)c1ccc(F)cc1. The molecule has 0 aliphatic carbocycles. The highest BCUT2D eigenvalue weighted by atomic mass is 32.2. The van der Waals surface area contributed by atoms with Crippen molar-refractivity contribution in [2.24, 2.45) is 0 Å². The molecule has 7 nitrogen and oxygen atoms in total. The number of sulfonamides is 1. The number of hydrogen-bond donors (Lipinski definition) is 2. The highest BCUT2D eigenvalue weighted by molar-refractivity contribution is 7.89. The van der Waals surface area contributed by atoms with Gasteiger partial charge in [-0.05, 0) is 24.3 Å². The topological polar surface area (TPSA) is 109 Å². The van der Waals surface area contributed by atoms with E-state index in [4.69, 9.17) is 5.73 Å². The van der Waals surface area contributed by atoms with Gasteiger partial charge in [0.2, 0.25) is 10.0 Å². The summed E-state index contributed by atoms with van der Waals surface area (Å²) in [5.41, 5.74) is 4.96. The molecule has 0 saturated carbocycles. The number of anilines is 1. The quantitative estimate of drug-likeness (QED) is 0.844. The highest BCUT2D eigenvalue weighted by Gasteiger charge is 2.21. The Morgan fingerprint density at radius 1 is 1.33 bits per heavy atom. The molecule has 2 aromatic rings. The van der Waals surface area contributed by atoms with Crippen LogP contribution in [0.25, 0.3) is 0 Å². The third-order valence-electron chi connectivity index (χ3n) is 2.70. The fourth-order valence-electron chi connectivity index (χ4n) is 1.69. The maximum Gasteiger partial charge on any atom is 0.253 e. The van der Waals surface area contributed by atoms with Crippen LogP contribution >= 0.6 is 0 Å². The Labute approximate surface area is 120 Å². The molecule has 0 saturated heterocycles. The molecule has 0 radical (unpaired) electrons. The molecule has 2 rings (SSSR count). The van der Waals surface area contributed by atoms with Gasteiger partial charge in [-0.15, -0.1) is 0 Å². The highest BCUT2D eigenvalue weighted by Crippen LogP contribution is 2.16. The predicted octanol–water partition coefficient (Wildman–Crippen LogP) is 0.312. The van der Waals surface area contributed by atoms with Crippen molar-refractivity contribution in [1.29, 1.82) is 0 Å². The van der Waals surface area contributed by atoms with E-state index in [1.165, 1.54) is 7.05 Å². The Hall–Kier alpha value is -2.26. The molecule has 0 aliphatic heterocycles. The van der Waals surface area contributed by atoms with Crippen LogP contribution in [0.2, 0.25) is 0 Å². The molecule has 0 amide bonds. The lowest BCUT2D eigenvalue weighted by molar-refractivity contribution is 0.456. The van der Waals surface area contributed by atoms with Gasteiger partial charge in [-0.2, -0.15) is 4.31 Å². The van der Waals surface area contributed by atoms with E-state index in [2.05, 4.69) is 9.97 Å². The zero-order valence-corrected chi connectivity index (χ0v) is 11.9. The average molecular weight is 312 g/mol. The number of H-pyrrole nitrogens is 1. The van der Waals surface area contributed by atoms with E-state index in [-0.39, 0.29) is 23.1 Å². The van der Waals surface area contributed by atoms with Gasteiger partial charge < -0.3 is 10.7 Å². The molecule has 0 spiro atoms. The standard InChI is InChI=1S/C12H13FN4O3S/c1-17(7-11-15-10(14)6-12(18)16-11)21(19,20)9-4-2-8(13)3-5-9/h2-6H,7H2,1H3,(H3,14,15,16,18). The Morgan fingerprint density at radius 2 is 1.95 bits per heavy atom. The first-order chi connectivity index (χ1) is 9.79. The minimum absolute atomic E-state index is 0.00123. The first-order valence-electron chi connectivity index (χ1n) is 5.86. The number of hydrogen-bond acceptors (Lipinski definition) is 5. The van der Waals surface area contributed by atoms with E-state index < -0.39 is 21.4 Å². The van der Waals surface area contributed by atoms with Crippen LogP contribution in [0.4, 0.5) is 10.2 Å². The van der Waals surface area contributed by atoms with E-state index in [0.717, 1.165) is 34.6 Å². The van der Waals surface area contributed by atoms with Gasteiger partial charge >= 0.3 is 0 Å². The molecular weight excluding hydrogens is 299 g/mol. The minimum atomic E-state index is -3.82. The van der Waals surface area contributed by atoms with Crippen LogP contribution in [0.5, 0.6) is 0 Å². The van der Waals surface area contributed by atoms with Gasteiger partial charge in [0.15, 0.2) is 0 Å². The Morgan fingerprint density at radius 3 is 2.52 bits per heavy atom. The van der Waals surface area contributed by atoms with Crippen LogP contribution in [-0.2, 0) is 16.6 Å². The molecule has 0 fully saturated rings. The van der Waals surface area contributed by atoms with Gasteiger partial charge in [0.25, 0.3) is 5.56 Å². The second-order valence-electron chi connectivity index (χ2n) is 4.33. The molecule has 1 heterocycles. The zero-order chi connectivity index (χ0) is 15.6. The van der Waals surface area contributed by atoms with Crippen LogP contribution in [0, 0.1) is 5.82 Å². The smallest absolute Gasteiger partial charge is 0.253 e. The van der Waals surface area contributed by atoms with Crippen molar-refractivity contribution >= 4 is 15.8 Å². The number of nitrogen functional groups attached to an aromatic ring is 1. The van der Waals surface area contributed by atoms with Crippen LogP contribution in [-0.4, -0.2) is 29.7 Å². The molecular formula is C12H13FN4O3S. The van der Waals surface area contributed by atoms with Gasteiger partial charge in [0, 0.05) is 13.1 Å². The van der Waals surface area contributed by atoms with Crippen molar-refractivity contribution in [1.82, 2.24) is 14.3 Å². The molecule has 1 aromatic heterocycles. The van der Waals surface area contributed by atoms with Gasteiger partial charge in [0.05, 0.1) is 11.4 Å². The lowest BCUT2D eigenvalue weighted by Gasteiger charge is -2.16. The van der Waals surface area contributed by atoms with Crippen molar-refractivity contribution in [2.45, 2.75) is 11.4 Å². The van der Waals surface area contributed by atoms with Crippen LogP contribution in [0.3, 0.4) is 0 Å². The molecule has 0 bridgehead atoms. The summed E-state index contributed by atoms with van der Waals surface area (Å²) in [6.07, 6.45) is 0. The van der Waals surface area contributed by atoms with Crippen molar-refractivity contribution < 1.29 is 12.8 Å². The third-order valence-corrected chi connectivity index (χ3v) is 4.52. The van der Waals surface area contributed by atoms with Crippen LogP contribution in [0.1, 0.15) is 5.82 Å². The Bertz CT molecular complexity index is 802. The predicted molar refractivity (Wildman–Crippen MR) is 74.3 cm³/mol. The number of benzene rings is 1. The first-order valence-corrected chi connectivity index (χ1v) is 7.30. The number of nitrogens with two attached hydrogens (primary N) is 1. The third kappa shape index (κ3) is 3.44. The normalized spacial score (nSPS) is 11.8. The minimum Gasteiger partial charge on any atom is -0.383 e. The summed E-state index contributed by atoms with van der Waals surface area (Å²) in [4.78, 5) is 17.5. The van der Waals surface area contributed by atoms with Gasteiger partial charge in [-0.3, -0.25) is 4.79 Å². The second-order valence-corrected chi connectivity index (χ2v) is 6.38. The number of nitrogens with one attached hydrogen (secondary N) is 1. The Balaban J connectivity index is 2.28. The van der Waals surface area contributed by atoms with Crippen LogP contribution < -0.4 is 11.3 Å². The van der Waals surface area contributed by atoms with E-state index in [1.807, 2.05) is 0 Å². The molecule has 112 valence electrons. The zero-order valence-electron chi connectivity index (χ0n) is 11.1. The monoisotopic (exact) mass is 312 g/mol. The van der Waals surface area contributed by atoms with Gasteiger partial charge in [-0.1, -0.05) is 0 Å². The summed E-state index contributed by atoms with van der Waals surface area (Å²) >= 11 is 0. The van der Waals surface area contributed by atoms with Crippen molar-refractivity contribution in [3.05, 3.63) is 52.3 Å². The molecule has 9 heteroatoms. The lowest BCUT2D eigenvalue weighted by atomic mass is 10.4.